The lowest BCUT2D eigenvalue weighted by Gasteiger charge is -2.10. The summed E-state index contributed by atoms with van der Waals surface area (Å²) < 4.78 is 26.8. The fraction of sp³-hybridized carbons (Fsp3) is 0. The Morgan fingerprint density at radius 3 is 2.20 bits per heavy atom. The molecule has 0 fully saturated rings. The molecule has 2 rings (SSSR count). The zero-order chi connectivity index (χ0) is 14.9. The van der Waals surface area contributed by atoms with Gasteiger partial charge in [-0.1, -0.05) is 34.8 Å². The third-order valence-corrected chi connectivity index (χ3v) is 5.02. The fourth-order valence-electron chi connectivity index (χ4n) is 1.50. The summed E-state index contributed by atoms with van der Waals surface area (Å²) in [5.74, 6) is 0. The average Bonchev–Trinajstić information content (AvgIpc) is 2.33. The number of hydrogen-bond donors (Lipinski definition) is 2. The van der Waals surface area contributed by atoms with Crippen molar-refractivity contribution in [2.45, 2.75) is 4.90 Å². The molecule has 0 radical (unpaired) electrons. The Bertz CT molecular complexity index is 763. The lowest BCUT2D eigenvalue weighted by atomic mass is 10.3. The minimum Gasteiger partial charge on any atom is -0.399 e. The number of halogens is 3. The van der Waals surface area contributed by atoms with Gasteiger partial charge in [0.25, 0.3) is 10.0 Å². The summed E-state index contributed by atoms with van der Waals surface area (Å²) in [6.07, 6.45) is 0. The lowest BCUT2D eigenvalue weighted by Crippen LogP contribution is -2.13. The first-order chi connectivity index (χ1) is 9.29. The molecule has 0 spiro atoms. The molecule has 0 aliphatic rings. The van der Waals surface area contributed by atoms with Crippen LogP contribution < -0.4 is 10.5 Å². The number of benzene rings is 2. The summed E-state index contributed by atoms with van der Waals surface area (Å²) in [7, 11) is -3.83. The van der Waals surface area contributed by atoms with Gasteiger partial charge in [-0.2, -0.15) is 0 Å². The van der Waals surface area contributed by atoms with E-state index in [2.05, 4.69) is 4.72 Å². The number of nitrogens with two attached hydrogens (primary N) is 1. The highest BCUT2D eigenvalue weighted by atomic mass is 35.5. The van der Waals surface area contributed by atoms with Crippen molar-refractivity contribution in [3.05, 3.63) is 51.5 Å². The predicted octanol–water partition coefficient (Wildman–Crippen LogP) is 4.03. The van der Waals surface area contributed by atoms with Gasteiger partial charge >= 0.3 is 0 Å². The number of nitrogen functional groups attached to an aromatic ring is 1. The third kappa shape index (κ3) is 3.30. The van der Waals surface area contributed by atoms with Crippen LogP contribution in [-0.2, 0) is 10.0 Å². The molecule has 4 nitrogen and oxygen atoms in total. The van der Waals surface area contributed by atoms with E-state index in [1.807, 2.05) is 0 Å². The van der Waals surface area contributed by atoms with Crippen molar-refractivity contribution in [3.63, 3.8) is 0 Å². The zero-order valence-corrected chi connectivity index (χ0v) is 13.0. The molecule has 0 saturated carbocycles. The molecule has 0 aromatic heterocycles. The molecule has 2 aromatic rings. The number of rotatable bonds is 3. The first-order valence-electron chi connectivity index (χ1n) is 5.32. The molecule has 0 amide bonds. The van der Waals surface area contributed by atoms with Gasteiger partial charge in [-0.3, -0.25) is 4.72 Å². The van der Waals surface area contributed by atoms with Crippen molar-refractivity contribution in [3.8, 4) is 0 Å². The summed E-state index contributed by atoms with van der Waals surface area (Å²) in [6.45, 7) is 0. The maximum atomic E-state index is 12.2. The van der Waals surface area contributed by atoms with Gasteiger partial charge < -0.3 is 5.73 Å². The Labute approximate surface area is 131 Å². The van der Waals surface area contributed by atoms with Gasteiger partial charge in [-0.25, -0.2) is 8.42 Å². The van der Waals surface area contributed by atoms with E-state index in [1.54, 1.807) is 0 Å². The predicted molar refractivity (Wildman–Crippen MR) is 83.1 cm³/mol. The highest BCUT2D eigenvalue weighted by Crippen LogP contribution is 2.29. The highest BCUT2D eigenvalue weighted by Gasteiger charge is 2.18. The van der Waals surface area contributed by atoms with Crippen LogP contribution >= 0.6 is 34.8 Å². The SMILES string of the molecule is Nc1ccc(S(=O)(=O)Nc2ccc(Cl)c(Cl)c2)c(Cl)c1. The topological polar surface area (TPSA) is 72.2 Å². The van der Waals surface area contributed by atoms with E-state index in [-0.39, 0.29) is 20.6 Å². The van der Waals surface area contributed by atoms with Crippen LogP contribution in [-0.4, -0.2) is 8.42 Å². The summed E-state index contributed by atoms with van der Waals surface area (Å²) >= 11 is 17.5. The molecule has 0 unspecified atom stereocenters. The third-order valence-electron chi connectivity index (χ3n) is 2.42. The van der Waals surface area contributed by atoms with E-state index in [9.17, 15) is 8.42 Å². The van der Waals surface area contributed by atoms with Gasteiger partial charge in [0.05, 0.1) is 20.8 Å². The summed E-state index contributed by atoms with van der Waals surface area (Å²) in [4.78, 5) is -0.0700. The van der Waals surface area contributed by atoms with Crippen molar-refractivity contribution in [2.24, 2.45) is 0 Å². The van der Waals surface area contributed by atoms with Crippen molar-refractivity contribution in [2.75, 3.05) is 10.5 Å². The van der Waals surface area contributed by atoms with E-state index < -0.39 is 10.0 Å². The van der Waals surface area contributed by atoms with Gasteiger partial charge in [-0.05, 0) is 36.4 Å². The number of sulfonamides is 1. The van der Waals surface area contributed by atoms with Crippen LogP contribution in [0.5, 0.6) is 0 Å². The van der Waals surface area contributed by atoms with Gasteiger partial charge in [0, 0.05) is 5.69 Å². The minimum atomic E-state index is -3.83. The second-order valence-electron chi connectivity index (χ2n) is 3.92. The van der Waals surface area contributed by atoms with Crippen LogP contribution in [0.2, 0.25) is 15.1 Å². The molecule has 0 aliphatic heterocycles. The first kappa shape index (κ1) is 15.3. The summed E-state index contributed by atoms with van der Waals surface area (Å²) in [6, 6.07) is 8.55. The quantitative estimate of drug-likeness (QED) is 0.820. The molecule has 20 heavy (non-hydrogen) atoms. The molecule has 2 aromatic carbocycles. The maximum absolute atomic E-state index is 12.2. The van der Waals surface area contributed by atoms with Crippen molar-refractivity contribution < 1.29 is 8.42 Å². The van der Waals surface area contributed by atoms with Crippen LogP contribution in [0.4, 0.5) is 11.4 Å². The summed E-state index contributed by atoms with van der Waals surface area (Å²) in [5.41, 5.74) is 6.19. The van der Waals surface area contributed by atoms with Crippen molar-refractivity contribution >= 4 is 56.2 Å². The van der Waals surface area contributed by atoms with E-state index in [4.69, 9.17) is 40.5 Å². The zero-order valence-electron chi connectivity index (χ0n) is 9.90. The highest BCUT2D eigenvalue weighted by molar-refractivity contribution is 7.92. The largest absolute Gasteiger partial charge is 0.399 e. The molecule has 106 valence electrons. The van der Waals surface area contributed by atoms with Crippen molar-refractivity contribution in [1.82, 2.24) is 0 Å². The Morgan fingerprint density at radius 2 is 1.60 bits per heavy atom. The Morgan fingerprint density at radius 1 is 0.900 bits per heavy atom. The smallest absolute Gasteiger partial charge is 0.263 e. The van der Waals surface area contributed by atoms with Crippen LogP contribution in [0.25, 0.3) is 0 Å². The molecular weight excluding hydrogens is 343 g/mol. The van der Waals surface area contributed by atoms with Crippen LogP contribution in [0.1, 0.15) is 0 Å². The van der Waals surface area contributed by atoms with Gasteiger partial charge in [0.1, 0.15) is 4.90 Å². The Balaban J connectivity index is 2.38. The Kier molecular flexibility index (Phi) is 4.34. The molecule has 3 N–H and O–H groups in total. The van der Waals surface area contributed by atoms with E-state index in [0.717, 1.165) is 0 Å². The molecule has 8 heteroatoms. The molecular formula is C12H9Cl3N2O2S. The van der Waals surface area contributed by atoms with E-state index in [0.29, 0.717) is 10.7 Å². The molecule has 0 bridgehead atoms. The van der Waals surface area contributed by atoms with Gasteiger partial charge in [-0.15, -0.1) is 0 Å². The molecule has 0 atom stereocenters. The maximum Gasteiger partial charge on any atom is 0.263 e. The monoisotopic (exact) mass is 350 g/mol. The molecule has 0 heterocycles. The summed E-state index contributed by atoms with van der Waals surface area (Å²) in [5, 5.41) is 0.618. The van der Waals surface area contributed by atoms with E-state index >= 15 is 0 Å². The van der Waals surface area contributed by atoms with Gasteiger partial charge in [0.2, 0.25) is 0 Å². The minimum absolute atomic E-state index is 0.0394. The second-order valence-corrected chi connectivity index (χ2v) is 6.80. The van der Waals surface area contributed by atoms with Crippen molar-refractivity contribution in [1.29, 1.82) is 0 Å². The Hall–Kier alpha value is -1.14. The number of anilines is 2. The van der Waals surface area contributed by atoms with E-state index in [1.165, 1.54) is 36.4 Å². The van der Waals surface area contributed by atoms with Crippen LogP contribution in [0, 0.1) is 0 Å². The fourth-order valence-corrected chi connectivity index (χ4v) is 3.41. The second kappa shape index (κ2) is 5.69. The normalized spacial score (nSPS) is 11.3. The van der Waals surface area contributed by atoms with Gasteiger partial charge in [0.15, 0.2) is 0 Å². The average molecular weight is 352 g/mol. The lowest BCUT2D eigenvalue weighted by molar-refractivity contribution is 0.601. The van der Waals surface area contributed by atoms with Crippen LogP contribution in [0.15, 0.2) is 41.3 Å². The molecule has 0 saturated heterocycles. The van der Waals surface area contributed by atoms with Crippen LogP contribution in [0.3, 0.4) is 0 Å². The standard InChI is InChI=1S/C12H9Cl3N2O2S/c13-9-3-2-8(6-10(9)14)17-20(18,19)12-4-1-7(16)5-11(12)15/h1-6,17H,16H2. The number of hydrogen-bond acceptors (Lipinski definition) is 3. The molecule has 0 aliphatic carbocycles. The first-order valence-corrected chi connectivity index (χ1v) is 7.94. The number of nitrogens with one attached hydrogen (secondary N) is 1.